The molecule has 4 rings (SSSR count). The van der Waals surface area contributed by atoms with Crippen molar-refractivity contribution in [3.8, 4) is 0 Å². The highest BCUT2D eigenvalue weighted by atomic mass is 32.1. The monoisotopic (exact) mass is 339 g/mol. The van der Waals surface area contributed by atoms with Crippen molar-refractivity contribution in [3.63, 3.8) is 0 Å². The van der Waals surface area contributed by atoms with Gasteiger partial charge in [0.1, 0.15) is 17.7 Å². The second-order valence-electron chi connectivity index (χ2n) is 5.60. The zero-order chi connectivity index (χ0) is 16.5. The Morgan fingerprint density at radius 3 is 2.75 bits per heavy atom. The third-order valence-electron chi connectivity index (χ3n) is 3.82. The zero-order valence-electron chi connectivity index (χ0n) is 13.5. The third kappa shape index (κ3) is 2.88. The summed E-state index contributed by atoms with van der Waals surface area (Å²) in [6.45, 7) is 5.44. The van der Waals surface area contributed by atoms with E-state index in [1.54, 1.807) is 28.7 Å². The van der Waals surface area contributed by atoms with Crippen LogP contribution in [0.15, 0.2) is 36.9 Å². The van der Waals surface area contributed by atoms with E-state index in [0.29, 0.717) is 6.54 Å². The van der Waals surface area contributed by atoms with Crippen LogP contribution in [0.25, 0.3) is 4.96 Å². The summed E-state index contributed by atoms with van der Waals surface area (Å²) in [6, 6.07) is 8.34. The Hall–Kier alpha value is -2.74. The van der Waals surface area contributed by atoms with Crippen LogP contribution in [-0.4, -0.2) is 29.4 Å². The van der Waals surface area contributed by atoms with E-state index in [-0.39, 0.29) is 0 Å². The van der Waals surface area contributed by atoms with Gasteiger partial charge < -0.3 is 5.32 Å². The molecule has 0 amide bonds. The van der Waals surface area contributed by atoms with E-state index >= 15 is 0 Å². The van der Waals surface area contributed by atoms with Gasteiger partial charge in [-0.25, -0.2) is 19.2 Å². The molecule has 0 atom stereocenters. The number of nitrogens with zero attached hydrogens (tertiary/aromatic N) is 6. The van der Waals surface area contributed by atoms with Crippen LogP contribution in [0.5, 0.6) is 0 Å². The Labute approximate surface area is 143 Å². The molecule has 0 spiro atoms. The number of hydrogen-bond donors (Lipinski definition) is 1. The van der Waals surface area contributed by atoms with Crippen molar-refractivity contribution in [2.24, 2.45) is 0 Å². The summed E-state index contributed by atoms with van der Waals surface area (Å²) >= 11 is 1.61. The number of rotatable bonds is 5. The van der Waals surface area contributed by atoms with Gasteiger partial charge in [-0.05, 0) is 31.5 Å². The molecule has 0 bridgehead atoms. The van der Waals surface area contributed by atoms with Gasteiger partial charge in [-0.1, -0.05) is 23.5 Å². The summed E-state index contributed by atoms with van der Waals surface area (Å²) in [5.41, 5.74) is 4.37. The first-order valence-electron chi connectivity index (χ1n) is 7.66. The van der Waals surface area contributed by atoms with Gasteiger partial charge in [0.15, 0.2) is 0 Å². The molecule has 0 aliphatic carbocycles. The number of benzene rings is 1. The molecule has 0 unspecified atom stereocenters. The molecule has 0 radical (unpaired) electrons. The standard InChI is InChI=1S/C16H17N7S/c1-11-15(23-16(20-11)24-12(2)21-23)7-18-14-5-3-13(4-6-14)8-22-10-17-9-19-22/h3-6,9-10,18H,7-8H2,1-2H3. The molecule has 1 N–H and O–H groups in total. The Balaban J connectivity index is 1.46. The molecule has 0 saturated heterocycles. The van der Waals surface area contributed by atoms with Crippen LogP contribution in [-0.2, 0) is 13.1 Å². The number of nitrogens with one attached hydrogen (secondary N) is 1. The smallest absolute Gasteiger partial charge is 0.212 e. The summed E-state index contributed by atoms with van der Waals surface area (Å²) in [7, 11) is 0. The fourth-order valence-electron chi connectivity index (χ4n) is 2.60. The van der Waals surface area contributed by atoms with E-state index in [2.05, 4.69) is 49.7 Å². The average Bonchev–Trinajstić information content (AvgIpc) is 3.25. The maximum absolute atomic E-state index is 4.57. The van der Waals surface area contributed by atoms with E-state index in [1.165, 1.54) is 5.56 Å². The molecule has 4 aromatic rings. The highest BCUT2D eigenvalue weighted by Crippen LogP contribution is 2.19. The lowest BCUT2D eigenvalue weighted by atomic mass is 10.2. The SMILES string of the molecule is Cc1nn2c(CNc3ccc(Cn4cncn4)cc3)c(C)nc2s1. The van der Waals surface area contributed by atoms with Crippen molar-refractivity contribution in [3.05, 3.63) is 58.9 Å². The van der Waals surface area contributed by atoms with E-state index in [0.717, 1.165) is 33.6 Å². The minimum absolute atomic E-state index is 0.693. The number of imidazole rings is 1. The topological polar surface area (TPSA) is 72.9 Å². The second kappa shape index (κ2) is 6.04. The van der Waals surface area contributed by atoms with Gasteiger partial charge in [-0.15, -0.1) is 0 Å². The van der Waals surface area contributed by atoms with Crippen molar-refractivity contribution < 1.29 is 0 Å². The predicted molar refractivity (Wildman–Crippen MR) is 93.2 cm³/mol. The first-order valence-corrected chi connectivity index (χ1v) is 8.47. The van der Waals surface area contributed by atoms with E-state index in [9.17, 15) is 0 Å². The summed E-state index contributed by atoms with van der Waals surface area (Å²) in [6.07, 6.45) is 3.26. The minimum atomic E-state index is 0.693. The van der Waals surface area contributed by atoms with Crippen LogP contribution in [0.2, 0.25) is 0 Å². The van der Waals surface area contributed by atoms with Gasteiger partial charge in [0.05, 0.1) is 24.5 Å². The largest absolute Gasteiger partial charge is 0.379 e. The number of fused-ring (bicyclic) bond motifs is 1. The molecule has 122 valence electrons. The van der Waals surface area contributed by atoms with Gasteiger partial charge in [0.25, 0.3) is 0 Å². The molecule has 0 fully saturated rings. The first-order chi connectivity index (χ1) is 11.7. The maximum atomic E-state index is 4.57. The lowest BCUT2D eigenvalue weighted by Crippen LogP contribution is -2.05. The van der Waals surface area contributed by atoms with Crippen LogP contribution in [0, 0.1) is 13.8 Å². The Morgan fingerprint density at radius 1 is 1.17 bits per heavy atom. The normalized spacial score (nSPS) is 11.2. The molecule has 8 heteroatoms. The fourth-order valence-corrected chi connectivity index (χ4v) is 3.41. The zero-order valence-corrected chi connectivity index (χ0v) is 14.3. The molecule has 3 aromatic heterocycles. The summed E-state index contributed by atoms with van der Waals surface area (Å²) in [5, 5.41) is 13.1. The van der Waals surface area contributed by atoms with Crippen LogP contribution in [0.3, 0.4) is 0 Å². The van der Waals surface area contributed by atoms with Crippen LogP contribution in [0.4, 0.5) is 5.69 Å². The molecular formula is C16H17N7S. The quantitative estimate of drug-likeness (QED) is 0.605. The molecule has 1 aromatic carbocycles. The molecule has 0 aliphatic rings. The van der Waals surface area contributed by atoms with Gasteiger partial charge in [0.2, 0.25) is 4.96 Å². The van der Waals surface area contributed by atoms with E-state index < -0.39 is 0 Å². The second-order valence-corrected chi connectivity index (χ2v) is 6.76. The number of aryl methyl sites for hydroxylation is 2. The summed E-state index contributed by atoms with van der Waals surface area (Å²) in [5.74, 6) is 0. The molecule has 3 heterocycles. The molecule has 24 heavy (non-hydrogen) atoms. The van der Waals surface area contributed by atoms with Gasteiger partial charge in [-0.2, -0.15) is 10.2 Å². The number of anilines is 1. The lowest BCUT2D eigenvalue weighted by Gasteiger charge is -2.08. The Kier molecular flexibility index (Phi) is 3.73. The number of hydrogen-bond acceptors (Lipinski definition) is 6. The molecule has 0 saturated carbocycles. The third-order valence-corrected chi connectivity index (χ3v) is 4.65. The average molecular weight is 339 g/mol. The van der Waals surface area contributed by atoms with Crippen molar-refractivity contribution in [1.82, 2.24) is 29.4 Å². The van der Waals surface area contributed by atoms with Crippen LogP contribution in [0.1, 0.15) is 22.0 Å². The summed E-state index contributed by atoms with van der Waals surface area (Å²) in [4.78, 5) is 9.47. The Bertz CT molecular complexity index is 951. The van der Waals surface area contributed by atoms with E-state index in [1.807, 2.05) is 18.4 Å². The highest BCUT2D eigenvalue weighted by molar-refractivity contribution is 7.16. The van der Waals surface area contributed by atoms with Crippen molar-refractivity contribution in [1.29, 1.82) is 0 Å². The molecule has 7 nitrogen and oxygen atoms in total. The Morgan fingerprint density at radius 2 is 2.00 bits per heavy atom. The minimum Gasteiger partial charge on any atom is -0.379 e. The van der Waals surface area contributed by atoms with Crippen LogP contribution < -0.4 is 5.32 Å². The predicted octanol–water partition coefficient (Wildman–Crippen LogP) is 2.66. The molecule has 0 aliphatic heterocycles. The fraction of sp³-hybridized carbons (Fsp3) is 0.250. The van der Waals surface area contributed by atoms with Gasteiger partial charge in [-0.3, -0.25) is 0 Å². The van der Waals surface area contributed by atoms with Crippen molar-refractivity contribution in [2.75, 3.05) is 5.32 Å². The van der Waals surface area contributed by atoms with Gasteiger partial charge >= 0.3 is 0 Å². The molecular weight excluding hydrogens is 322 g/mol. The van der Waals surface area contributed by atoms with E-state index in [4.69, 9.17) is 0 Å². The lowest BCUT2D eigenvalue weighted by molar-refractivity contribution is 0.685. The first kappa shape index (κ1) is 14.8. The van der Waals surface area contributed by atoms with Crippen LogP contribution >= 0.6 is 11.3 Å². The highest BCUT2D eigenvalue weighted by Gasteiger charge is 2.12. The maximum Gasteiger partial charge on any atom is 0.212 e. The van der Waals surface area contributed by atoms with Gasteiger partial charge in [0, 0.05) is 5.69 Å². The summed E-state index contributed by atoms with van der Waals surface area (Å²) < 4.78 is 3.74. The van der Waals surface area contributed by atoms with Crippen molar-refractivity contribution in [2.45, 2.75) is 26.9 Å². The van der Waals surface area contributed by atoms with Crippen molar-refractivity contribution >= 4 is 22.0 Å². The number of aromatic nitrogens is 6.